The highest BCUT2D eigenvalue weighted by molar-refractivity contribution is 5.66. The van der Waals surface area contributed by atoms with Crippen molar-refractivity contribution in [2.75, 3.05) is 0 Å². The van der Waals surface area contributed by atoms with Crippen LogP contribution in [-0.2, 0) is 6.54 Å². The van der Waals surface area contributed by atoms with E-state index in [1.165, 1.54) is 0 Å². The minimum absolute atomic E-state index is 0.116. The molecule has 2 rings (SSSR count). The van der Waals surface area contributed by atoms with Gasteiger partial charge >= 0.3 is 0 Å². The van der Waals surface area contributed by atoms with Crippen molar-refractivity contribution in [2.45, 2.75) is 13.5 Å². The maximum atomic E-state index is 11.7. The summed E-state index contributed by atoms with van der Waals surface area (Å²) in [5.41, 5.74) is 8.77. The van der Waals surface area contributed by atoms with Gasteiger partial charge in [0.25, 0.3) is 5.56 Å². The Morgan fingerprint density at radius 3 is 2.69 bits per heavy atom. The van der Waals surface area contributed by atoms with Crippen LogP contribution in [0, 0.1) is 6.92 Å². The minimum Gasteiger partial charge on any atom is -0.326 e. The zero-order valence-corrected chi connectivity index (χ0v) is 9.03. The topological polar surface area (TPSA) is 71.8 Å². The molecule has 0 bridgehead atoms. The molecule has 4 nitrogen and oxygen atoms in total. The van der Waals surface area contributed by atoms with Crippen LogP contribution in [0.5, 0.6) is 0 Å². The first-order valence-corrected chi connectivity index (χ1v) is 5.05. The summed E-state index contributed by atoms with van der Waals surface area (Å²) in [6.07, 6.45) is 3.40. The van der Waals surface area contributed by atoms with Crippen LogP contribution in [0.4, 0.5) is 0 Å². The van der Waals surface area contributed by atoms with E-state index < -0.39 is 0 Å². The molecular formula is C12H13N3O. The second-order valence-corrected chi connectivity index (χ2v) is 3.61. The second kappa shape index (κ2) is 4.28. The Labute approximate surface area is 93.2 Å². The molecule has 0 aliphatic rings. The molecule has 0 aromatic carbocycles. The van der Waals surface area contributed by atoms with Crippen molar-refractivity contribution in [3.05, 3.63) is 52.2 Å². The smallest absolute Gasteiger partial charge is 0.253 e. The van der Waals surface area contributed by atoms with Crippen LogP contribution >= 0.6 is 0 Å². The number of nitrogens with zero attached hydrogens (tertiary/aromatic N) is 1. The van der Waals surface area contributed by atoms with E-state index in [0.717, 1.165) is 16.8 Å². The van der Waals surface area contributed by atoms with Gasteiger partial charge < -0.3 is 10.7 Å². The number of aryl methyl sites for hydroxylation is 1. The van der Waals surface area contributed by atoms with E-state index >= 15 is 0 Å². The highest BCUT2D eigenvalue weighted by atomic mass is 16.1. The fourth-order valence-electron chi connectivity index (χ4n) is 1.71. The lowest BCUT2D eigenvalue weighted by molar-refractivity contribution is 1.00. The van der Waals surface area contributed by atoms with Gasteiger partial charge in [0.2, 0.25) is 0 Å². The summed E-state index contributed by atoms with van der Waals surface area (Å²) < 4.78 is 0. The molecule has 4 heteroatoms. The highest BCUT2D eigenvalue weighted by Crippen LogP contribution is 2.20. The van der Waals surface area contributed by atoms with E-state index in [-0.39, 0.29) is 12.1 Å². The fourth-order valence-corrected chi connectivity index (χ4v) is 1.71. The number of nitrogens with one attached hydrogen (secondary N) is 1. The summed E-state index contributed by atoms with van der Waals surface area (Å²) in [7, 11) is 0. The number of nitrogens with two attached hydrogens (primary N) is 1. The Balaban J connectivity index is 2.69. The number of pyridine rings is 2. The second-order valence-electron chi connectivity index (χ2n) is 3.61. The first kappa shape index (κ1) is 10.6. The van der Waals surface area contributed by atoms with Crippen molar-refractivity contribution >= 4 is 0 Å². The molecule has 0 saturated carbocycles. The summed E-state index contributed by atoms with van der Waals surface area (Å²) in [6.45, 7) is 2.08. The van der Waals surface area contributed by atoms with Crippen molar-refractivity contribution in [3.63, 3.8) is 0 Å². The monoisotopic (exact) mass is 215 g/mol. The average molecular weight is 215 g/mol. The van der Waals surface area contributed by atoms with Gasteiger partial charge in [0, 0.05) is 30.2 Å². The first-order valence-electron chi connectivity index (χ1n) is 5.05. The Bertz CT molecular complexity index is 546. The predicted molar refractivity (Wildman–Crippen MR) is 62.9 cm³/mol. The maximum absolute atomic E-state index is 11.7. The predicted octanol–water partition coefficient (Wildman–Crippen LogP) is 1.20. The summed E-state index contributed by atoms with van der Waals surface area (Å²) in [6, 6.07) is 5.67. The van der Waals surface area contributed by atoms with E-state index in [1.807, 2.05) is 25.1 Å². The van der Waals surface area contributed by atoms with Crippen LogP contribution in [0.2, 0.25) is 0 Å². The largest absolute Gasteiger partial charge is 0.326 e. The van der Waals surface area contributed by atoms with Gasteiger partial charge in [0.15, 0.2) is 0 Å². The third-order valence-electron chi connectivity index (χ3n) is 2.47. The van der Waals surface area contributed by atoms with Crippen molar-refractivity contribution in [1.29, 1.82) is 0 Å². The van der Waals surface area contributed by atoms with Crippen LogP contribution < -0.4 is 11.3 Å². The number of hydrogen-bond acceptors (Lipinski definition) is 3. The number of hydrogen-bond donors (Lipinski definition) is 2. The van der Waals surface area contributed by atoms with Gasteiger partial charge in [-0.05, 0) is 36.2 Å². The number of H-pyrrole nitrogens is 1. The average Bonchev–Trinajstić information content (AvgIpc) is 2.29. The molecule has 0 fully saturated rings. The van der Waals surface area contributed by atoms with Crippen molar-refractivity contribution in [3.8, 4) is 11.1 Å². The van der Waals surface area contributed by atoms with Crippen LogP contribution in [0.25, 0.3) is 11.1 Å². The molecular weight excluding hydrogens is 202 g/mol. The van der Waals surface area contributed by atoms with Gasteiger partial charge in [0.05, 0.1) is 0 Å². The van der Waals surface area contributed by atoms with Crippen molar-refractivity contribution in [1.82, 2.24) is 9.97 Å². The lowest BCUT2D eigenvalue weighted by Crippen LogP contribution is -2.18. The third-order valence-corrected chi connectivity index (χ3v) is 2.47. The molecule has 82 valence electrons. The fraction of sp³-hybridized carbons (Fsp3) is 0.167. The molecule has 2 aromatic rings. The molecule has 16 heavy (non-hydrogen) atoms. The van der Waals surface area contributed by atoms with Gasteiger partial charge in [-0.1, -0.05) is 0 Å². The van der Waals surface area contributed by atoms with Crippen LogP contribution in [-0.4, -0.2) is 9.97 Å². The molecule has 0 aliphatic carbocycles. The number of rotatable bonds is 2. The molecule has 2 aromatic heterocycles. The summed E-state index contributed by atoms with van der Waals surface area (Å²) >= 11 is 0. The summed E-state index contributed by atoms with van der Waals surface area (Å²) in [4.78, 5) is 18.4. The molecule has 0 saturated heterocycles. The molecule has 0 amide bonds. The highest BCUT2D eigenvalue weighted by Gasteiger charge is 2.08. The van der Waals surface area contributed by atoms with Crippen LogP contribution in [0.15, 0.2) is 35.4 Å². The SMILES string of the molecule is Cc1cc(-c2ccncc2)c(CN)c(=O)[nH]1. The van der Waals surface area contributed by atoms with Gasteiger partial charge in [-0.2, -0.15) is 0 Å². The lowest BCUT2D eigenvalue weighted by Gasteiger charge is -2.07. The zero-order valence-electron chi connectivity index (χ0n) is 9.03. The molecule has 0 spiro atoms. The van der Waals surface area contributed by atoms with E-state index in [9.17, 15) is 4.79 Å². The Kier molecular flexibility index (Phi) is 2.83. The zero-order chi connectivity index (χ0) is 11.5. The molecule has 0 atom stereocenters. The normalized spacial score (nSPS) is 10.4. The van der Waals surface area contributed by atoms with Crippen LogP contribution in [0.1, 0.15) is 11.3 Å². The Hall–Kier alpha value is -1.94. The summed E-state index contributed by atoms with van der Waals surface area (Å²) in [5.74, 6) is 0. The third kappa shape index (κ3) is 1.87. The molecule has 0 unspecified atom stereocenters. The van der Waals surface area contributed by atoms with E-state index in [4.69, 9.17) is 5.73 Å². The number of aromatic amines is 1. The lowest BCUT2D eigenvalue weighted by atomic mass is 10.0. The Morgan fingerprint density at radius 2 is 2.06 bits per heavy atom. The van der Waals surface area contributed by atoms with Gasteiger partial charge in [-0.3, -0.25) is 9.78 Å². The van der Waals surface area contributed by atoms with Gasteiger partial charge in [0.1, 0.15) is 0 Å². The van der Waals surface area contributed by atoms with Crippen molar-refractivity contribution < 1.29 is 0 Å². The van der Waals surface area contributed by atoms with E-state index in [1.54, 1.807) is 12.4 Å². The van der Waals surface area contributed by atoms with E-state index in [2.05, 4.69) is 9.97 Å². The van der Waals surface area contributed by atoms with Crippen LogP contribution in [0.3, 0.4) is 0 Å². The van der Waals surface area contributed by atoms with E-state index in [0.29, 0.717) is 5.56 Å². The molecule has 3 N–H and O–H groups in total. The molecule has 0 aliphatic heterocycles. The Morgan fingerprint density at radius 1 is 1.38 bits per heavy atom. The van der Waals surface area contributed by atoms with Gasteiger partial charge in [-0.25, -0.2) is 0 Å². The first-order chi connectivity index (χ1) is 7.72. The molecule has 2 heterocycles. The quantitative estimate of drug-likeness (QED) is 0.790. The molecule has 0 radical (unpaired) electrons. The summed E-state index contributed by atoms with van der Waals surface area (Å²) in [5, 5.41) is 0. The van der Waals surface area contributed by atoms with Gasteiger partial charge in [-0.15, -0.1) is 0 Å². The minimum atomic E-state index is -0.116. The number of aromatic nitrogens is 2. The van der Waals surface area contributed by atoms with Crippen molar-refractivity contribution in [2.24, 2.45) is 5.73 Å². The standard InChI is InChI=1S/C12H13N3O/c1-8-6-10(9-2-4-14-5-3-9)11(7-13)12(16)15-8/h2-6H,7,13H2,1H3,(H,15,16). The maximum Gasteiger partial charge on any atom is 0.253 e.